The molecule has 2 aromatic carbocycles. The van der Waals surface area contributed by atoms with Gasteiger partial charge in [-0.1, -0.05) is 30.3 Å². The van der Waals surface area contributed by atoms with Gasteiger partial charge in [-0.05, 0) is 39.2 Å². The summed E-state index contributed by atoms with van der Waals surface area (Å²) in [6.45, 7) is 0. The average molecular weight is 645 g/mol. The molecular weight excluding hydrogens is 630 g/mol. The summed E-state index contributed by atoms with van der Waals surface area (Å²) in [5.41, 5.74) is -3.68. The van der Waals surface area contributed by atoms with Crippen LogP contribution in [0.2, 0.25) is 0 Å². The summed E-state index contributed by atoms with van der Waals surface area (Å²) in [7, 11) is -10.7. The fraction of sp³-hybridized carbons (Fsp3) is 0.250. The Morgan fingerprint density at radius 3 is 1.82 bits per heavy atom. The van der Waals surface area contributed by atoms with Crippen molar-refractivity contribution < 1.29 is 45.9 Å². The van der Waals surface area contributed by atoms with Crippen molar-refractivity contribution in [3.05, 3.63) is 63.6 Å². The second-order valence-corrected chi connectivity index (χ2v) is 11.2. The van der Waals surface area contributed by atoms with Gasteiger partial charge in [0.1, 0.15) is 5.75 Å². The van der Waals surface area contributed by atoms with E-state index in [1.165, 1.54) is 42.1 Å². The number of benzene rings is 2. The maximum absolute atomic E-state index is 13.6. The minimum Gasteiger partial charge on any atom is -0.420 e. The SMILES string of the molecule is O=P(O)(Oc1ccc(CSCc2ccc(C(F)(F)P(=O)(O)O)cc2)cc1Br)C(F)F.[Na].[Na].[Na].[Na]. The Hall–Kier alpha value is 3.13. The third-order valence-corrected chi connectivity index (χ3v) is 7.31. The van der Waals surface area contributed by atoms with E-state index in [4.69, 9.17) is 14.7 Å². The second kappa shape index (κ2) is 17.7. The zero-order chi connectivity index (χ0) is 22.7. The molecule has 0 aliphatic heterocycles. The van der Waals surface area contributed by atoms with Gasteiger partial charge in [-0.25, -0.2) is 4.57 Å². The normalized spacial score (nSPS) is 12.9. The van der Waals surface area contributed by atoms with E-state index >= 15 is 0 Å². The molecule has 34 heavy (non-hydrogen) atoms. The van der Waals surface area contributed by atoms with E-state index < -0.39 is 32.6 Å². The van der Waals surface area contributed by atoms with Crippen molar-refractivity contribution in [2.24, 2.45) is 0 Å². The molecule has 0 heterocycles. The number of halogens is 5. The smallest absolute Gasteiger partial charge is 0.420 e. The van der Waals surface area contributed by atoms with E-state index in [1.807, 2.05) is 0 Å². The molecule has 0 aliphatic rings. The van der Waals surface area contributed by atoms with Crippen molar-refractivity contribution in [2.45, 2.75) is 23.3 Å². The van der Waals surface area contributed by atoms with Gasteiger partial charge in [0.2, 0.25) is 0 Å². The number of rotatable bonds is 9. The fourth-order valence-corrected chi connectivity index (χ4v) is 4.73. The second-order valence-electron chi connectivity index (χ2n) is 5.97. The molecule has 2 rings (SSSR count). The molecule has 0 bridgehead atoms. The van der Waals surface area contributed by atoms with Gasteiger partial charge < -0.3 is 19.2 Å². The van der Waals surface area contributed by atoms with Crippen molar-refractivity contribution in [3.8, 4) is 5.75 Å². The number of hydrogen-bond acceptors (Lipinski definition) is 4. The van der Waals surface area contributed by atoms with Gasteiger partial charge >= 0.3 is 27.0 Å². The van der Waals surface area contributed by atoms with Gasteiger partial charge in [-0.2, -0.15) is 29.3 Å². The largest absolute Gasteiger partial charge is 0.442 e. The number of hydrogen-bond donors (Lipinski definition) is 3. The molecule has 0 fully saturated rings. The Balaban J connectivity index is -0.00000240. The summed E-state index contributed by atoms with van der Waals surface area (Å²) in [5.74, 6) is 0.621. The van der Waals surface area contributed by atoms with Crippen LogP contribution in [0.1, 0.15) is 16.7 Å². The van der Waals surface area contributed by atoms with Crippen molar-refractivity contribution in [1.29, 1.82) is 0 Å². The monoisotopic (exact) mass is 644 g/mol. The van der Waals surface area contributed by atoms with Crippen LogP contribution in [0, 0.1) is 0 Å². The van der Waals surface area contributed by atoms with Crippen molar-refractivity contribution in [3.63, 3.8) is 0 Å². The predicted octanol–water partition coefficient (Wildman–Crippen LogP) is 4.37. The molecular formula is C16H15BrF4Na4O6P2S. The minimum atomic E-state index is -5.62. The van der Waals surface area contributed by atoms with Crippen molar-refractivity contribution in [1.82, 2.24) is 0 Å². The summed E-state index contributed by atoms with van der Waals surface area (Å²) in [6, 6.07) is 8.88. The van der Waals surface area contributed by atoms with Crippen LogP contribution in [0.25, 0.3) is 0 Å². The first-order valence-electron chi connectivity index (χ1n) is 7.93. The van der Waals surface area contributed by atoms with Gasteiger partial charge in [0, 0.05) is 135 Å². The van der Waals surface area contributed by atoms with E-state index in [-0.39, 0.29) is 128 Å². The predicted molar refractivity (Wildman–Crippen MR) is 131 cm³/mol. The molecule has 170 valence electrons. The van der Waals surface area contributed by atoms with Crippen LogP contribution in [0.5, 0.6) is 5.75 Å². The molecule has 2 aromatic rings. The Morgan fingerprint density at radius 2 is 1.38 bits per heavy atom. The third-order valence-electron chi connectivity index (χ3n) is 3.68. The molecule has 1 unspecified atom stereocenters. The molecule has 0 aromatic heterocycles. The van der Waals surface area contributed by atoms with Crippen LogP contribution in [0.3, 0.4) is 0 Å². The first-order chi connectivity index (χ1) is 13.7. The maximum Gasteiger partial charge on any atom is 0.442 e. The van der Waals surface area contributed by atoms with E-state index in [1.54, 1.807) is 0 Å². The zero-order valence-corrected chi connectivity index (χ0v) is 31.0. The zero-order valence-electron chi connectivity index (χ0n) is 18.8. The van der Waals surface area contributed by atoms with Gasteiger partial charge in [0.15, 0.2) is 0 Å². The van der Waals surface area contributed by atoms with Crippen LogP contribution in [-0.2, 0) is 26.3 Å². The molecule has 4 radical (unpaired) electrons. The van der Waals surface area contributed by atoms with Crippen LogP contribution in [0.4, 0.5) is 17.6 Å². The molecule has 18 heteroatoms. The Bertz CT molecular complexity index is 1000. The Labute approximate surface area is 295 Å². The molecule has 1 atom stereocenters. The first kappa shape index (κ1) is 41.6. The standard InChI is InChI=1S/C16H15BrF4O6P2S.4Na/c17-13-7-11(3-6-14(13)27-28(22,23)15(18)19)9-30-8-10-1-4-12(5-2-10)16(20,21)29(24,25)26;;;;/h1-7,15H,8-9H2,(H,22,23)(H2,24,25,26);;;;. The van der Waals surface area contributed by atoms with Gasteiger partial charge in [0.25, 0.3) is 0 Å². The summed E-state index contributed by atoms with van der Waals surface area (Å²) in [5, 5.41) is 0. The molecule has 0 amide bonds. The van der Waals surface area contributed by atoms with Gasteiger partial charge in [-0.3, -0.25) is 4.57 Å². The summed E-state index contributed by atoms with van der Waals surface area (Å²) in [6.07, 6.45) is -3.53. The Morgan fingerprint density at radius 1 is 0.912 bits per heavy atom. The molecule has 6 nitrogen and oxygen atoms in total. The van der Waals surface area contributed by atoms with E-state index in [0.29, 0.717) is 17.1 Å². The number of thioether (sulfide) groups is 1. The van der Waals surface area contributed by atoms with E-state index in [9.17, 15) is 26.7 Å². The van der Waals surface area contributed by atoms with Gasteiger partial charge in [0.05, 0.1) is 4.47 Å². The molecule has 0 aliphatic carbocycles. The molecule has 0 saturated carbocycles. The van der Waals surface area contributed by atoms with Crippen molar-refractivity contribution in [2.75, 3.05) is 0 Å². The van der Waals surface area contributed by atoms with E-state index in [0.717, 1.165) is 17.7 Å². The topological polar surface area (TPSA) is 104 Å². The quantitative estimate of drug-likeness (QED) is 0.212. The first-order valence-corrected chi connectivity index (χ1v) is 13.1. The summed E-state index contributed by atoms with van der Waals surface area (Å²) >= 11 is 4.47. The molecule has 3 N–H and O–H groups in total. The summed E-state index contributed by atoms with van der Waals surface area (Å²) in [4.78, 5) is 26.6. The van der Waals surface area contributed by atoms with Crippen LogP contribution in [0.15, 0.2) is 46.9 Å². The third kappa shape index (κ3) is 12.1. The van der Waals surface area contributed by atoms with Crippen LogP contribution in [-0.4, -0.2) is 139 Å². The van der Waals surface area contributed by atoms with Crippen LogP contribution >= 0.6 is 42.9 Å². The minimum absolute atomic E-state index is 0. The Kier molecular flexibility index (Phi) is 21.7. The maximum atomic E-state index is 13.6. The molecule has 0 saturated heterocycles. The van der Waals surface area contributed by atoms with E-state index in [2.05, 4.69) is 20.5 Å². The fourth-order valence-electron chi connectivity index (χ4n) is 2.15. The molecule has 0 spiro atoms. The summed E-state index contributed by atoms with van der Waals surface area (Å²) < 4.78 is 79.0. The average Bonchev–Trinajstić information content (AvgIpc) is 2.63. The van der Waals surface area contributed by atoms with Gasteiger partial charge in [-0.15, -0.1) is 0 Å². The van der Waals surface area contributed by atoms with Crippen molar-refractivity contribution >= 4 is 161 Å². The van der Waals surface area contributed by atoms with Crippen LogP contribution < -0.4 is 4.52 Å². The number of alkyl halides is 4.